The van der Waals surface area contributed by atoms with Crippen molar-refractivity contribution < 1.29 is 4.42 Å². The van der Waals surface area contributed by atoms with Gasteiger partial charge in [-0.1, -0.05) is 73.9 Å². The summed E-state index contributed by atoms with van der Waals surface area (Å²) >= 11 is 0. The maximum absolute atomic E-state index is 6.35. The van der Waals surface area contributed by atoms with Crippen LogP contribution in [0.5, 0.6) is 0 Å². The molecule has 1 saturated carbocycles. The lowest BCUT2D eigenvalue weighted by Crippen LogP contribution is -2.04. The molecule has 1 N–H and O–H groups in total. The Morgan fingerprint density at radius 2 is 1.57 bits per heavy atom. The highest BCUT2D eigenvalue weighted by atomic mass is 16.3. The van der Waals surface area contributed by atoms with Crippen molar-refractivity contribution >= 4 is 44.1 Å². The molecule has 1 aliphatic rings. The van der Waals surface area contributed by atoms with E-state index in [9.17, 15) is 0 Å². The molecular weight excluding hydrogens is 366 g/mol. The molecule has 30 heavy (non-hydrogen) atoms. The Morgan fingerprint density at radius 3 is 2.50 bits per heavy atom. The van der Waals surface area contributed by atoms with Crippen LogP contribution in [0.3, 0.4) is 0 Å². The Balaban J connectivity index is 1.44. The summed E-state index contributed by atoms with van der Waals surface area (Å²) in [6.45, 7) is 0. The molecule has 1 aliphatic carbocycles. The monoisotopic (exact) mass is 391 g/mol. The van der Waals surface area contributed by atoms with Gasteiger partial charge in [0.2, 0.25) is 0 Å². The molecule has 148 valence electrons. The summed E-state index contributed by atoms with van der Waals surface area (Å²) < 4.78 is 6.35. The Labute approximate surface area is 176 Å². The van der Waals surface area contributed by atoms with E-state index in [0.29, 0.717) is 5.92 Å². The summed E-state index contributed by atoms with van der Waals surface area (Å²) in [4.78, 5) is 0. The Morgan fingerprint density at radius 1 is 0.733 bits per heavy atom. The van der Waals surface area contributed by atoms with Gasteiger partial charge in [-0.25, -0.2) is 0 Å². The third kappa shape index (κ3) is 2.95. The molecule has 0 unspecified atom stereocenters. The zero-order valence-corrected chi connectivity index (χ0v) is 17.0. The smallest absolute Gasteiger partial charge is 0.158 e. The summed E-state index contributed by atoms with van der Waals surface area (Å²) in [5, 5.41) is 8.48. The Bertz CT molecular complexity index is 1360. The number of anilines is 2. The normalized spacial score (nSPS) is 15.2. The second kappa shape index (κ2) is 7.21. The first-order valence-electron chi connectivity index (χ1n) is 11.1. The number of nitrogens with one attached hydrogen (secondary N) is 1. The topological polar surface area (TPSA) is 25.2 Å². The molecule has 6 rings (SSSR count). The van der Waals surface area contributed by atoms with Crippen molar-refractivity contribution in [2.75, 3.05) is 5.32 Å². The van der Waals surface area contributed by atoms with Crippen LogP contribution in [0.4, 0.5) is 11.4 Å². The highest BCUT2D eigenvalue weighted by Gasteiger charge is 2.17. The van der Waals surface area contributed by atoms with Gasteiger partial charge in [0, 0.05) is 16.5 Å². The van der Waals surface area contributed by atoms with Crippen LogP contribution in [0.15, 0.2) is 83.3 Å². The fourth-order valence-corrected chi connectivity index (χ4v) is 5.13. The number of rotatable bonds is 3. The first-order valence-corrected chi connectivity index (χ1v) is 11.1. The third-order valence-electron chi connectivity index (χ3n) is 6.63. The van der Waals surface area contributed by atoms with Gasteiger partial charge in [-0.3, -0.25) is 0 Å². The van der Waals surface area contributed by atoms with E-state index in [0.717, 1.165) is 27.9 Å². The van der Waals surface area contributed by atoms with Crippen molar-refractivity contribution in [1.82, 2.24) is 0 Å². The van der Waals surface area contributed by atoms with E-state index in [1.165, 1.54) is 53.8 Å². The minimum Gasteiger partial charge on any atom is -0.454 e. The molecule has 2 nitrogen and oxygen atoms in total. The molecule has 1 heterocycles. The van der Waals surface area contributed by atoms with Gasteiger partial charge in [0.1, 0.15) is 5.58 Å². The van der Waals surface area contributed by atoms with Crippen LogP contribution in [0.25, 0.3) is 32.7 Å². The van der Waals surface area contributed by atoms with Crippen molar-refractivity contribution in [2.24, 2.45) is 0 Å². The van der Waals surface area contributed by atoms with Crippen molar-refractivity contribution in [3.63, 3.8) is 0 Å². The number of hydrogen-bond acceptors (Lipinski definition) is 2. The van der Waals surface area contributed by atoms with Gasteiger partial charge in [-0.15, -0.1) is 0 Å². The van der Waals surface area contributed by atoms with Gasteiger partial charge in [-0.05, 0) is 59.4 Å². The van der Waals surface area contributed by atoms with E-state index in [2.05, 4.69) is 84.2 Å². The molecule has 0 saturated heterocycles. The average molecular weight is 392 g/mol. The van der Waals surface area contributed by atoms with Gasteiger partial charge in [-0.2, -0.15) is 0 Å². The number of furan rings is 1. The van der Waals surface area contributed by atoms with Crippen molar-refractivity contribution in [2.45, 2.75) is 38.0 Å². The predicted molar refractivity (Wildman–Crippen MR) is 127 cm³/mol. The predicted octanol–water partition coefficient (Wildman–Crippen LogP) is 8.53. The zero-order chi connectivity index (χ0) is 19.9. The van der Waals surface area contributed by atoms with Crippen LogP contribution in [0, 0.1) is 0 Å². The zero-order valence-electron chi connectivity index (χ0n) is 17.0. The molecule has 2 heteroatoms. The summed E-state index contributed by atoms with van der Waals surface area (Å²) in [5.74, 6) is 0.703. The van der Waals surface area contributed by atoms with E-state index in [1.54, 1.807) is 0 Å². The highest BCUT2D eigenvalue weighted by Crippen LogP contribution is 2.39. The third-order valence-corrected chi connectivity index (χ3v) is 6.63. The van der Waals surface area contributed by atoms with Gasteiger partial charge < -0.3 is 9.73 Å². The summed E-state index contributed by atoms with van der Waals surface area (Å²) in [6.07, 6.45) is 6.73. The molecule has 0 spiro atoms. The highest BCUT2D eigenvalue weighted by molar-refractivity contribution is 6.20. The van der Waals surface area contributed by atoms with E-state index < -0.39 is 0 Å². The lowest BCUT2D eigenvalue weighted by Gasteiger charge is -2.22. The second-order valence-corrected chi connectivity index (χ2v) is 8.53. The minimum atomic E-state index is 0.703. The molecule has 4 aromatic carbocycles. The second-order valence-electron chi connectivity index (χ2n) is 8.53. The molecule has 0 amide bonds. The summed E-state index contributed by atoms with van der Waals surface area (Å²) in [5.41, 5.74) is 5.48. The summed E-state index contributed by atoms with van der Waals surface area (Å²) in [6, 6.07) is 28.1. The molecule has 1 fully saturated rings. The molecule has 0 bridgehead atoms. The maximum Gasteiger partial charge on any atom is 0.158 e. The molecule has 0 atom stereocenters. The van der Waals surface area contributed by atoms with Crippen LogP contribution >= 0.6 is 0 Å². The molecule has 0 radical (unpaired) electrons. The summed E-state index contributed by atoms with van der Waals surface area (Å²) in [7, 11) is 0. The average Bonchev–Trinajstić information content (AvgIpc) is 3.20. The molecule has 0 aliphatic heterocycles. The van der Waals surface area contributed by atoms with E-state index >= 15 is 0 Å². The number of fused-ring (bicyclic) bond motifs is 5. The standard InChI is InChI=1S/C28H25NO/c1-2-8-19(9-3-1)21-11-6-12-22(18-21)29-25-15-7-14-24-27-23-13-5-4-10-20(23)16-17-26(27)30-28(24)25/h4-7,10-19,29H,1-3,8-9H2. The molecule has 5 aromatic rings. The molecular formula is C28H25NO. The van der Waals surface area contributed by atoms with Gasteiger partial charge in [0.25, 0.3) is 0 Å². The van der Waals surface area contributed by atoms with Crippen molar-refractivity contribution in [3.05, 3.63) is 84.4 Å². The van der Waals surface area contributed by atoms with Gasteiger partial charge >= 0.3 is 0 Å². The Kier molecular flexibility index (Phi) is 4.23. The van der Waals surface area contributed by atoms with Crippen molar-refractivity contribution in [3.8, 4) is 0 Å². The molecule has 1 aromatic heterocycles. The lowest BCUT2D eigenvalue weighted by atomic mass is 9.84. The van der Waals surface area contributed by atoms with E-state index in [-0.39, 0.29) is 0 Å². The number of benzene rings is 4. The number of hydrogen-bond donors (Lipinski definition) is 1. The lowest BCUT2D eigenvalue weighted by molar-refractivity contribution is 0.444. The fourth-order valence-electron chi connectivity index (χ4n) is 5.13. The van der Waals surface area contributed by atoms with E-state index in [1.807, 2.05) is 0 Å². The van der Waals surface area contributed by atoms with Gasteiger partial charge in [0.05, 0.1) is 5.69 Å². The SMILES string of the molecule is c1cc(Nc2cccc3c2oc2ccc4ccccc4c23)cc(C2CCCCC2)c1. The largest absolute Gasteiger partial charge is 0.454 e. The van der Waals surface area contributed by atoms with Crippen LogP contribution in [-0.2, 0) is 0 Å². The van der Waals surface area contributed by atoms with Crippen LogP contribution in [-0.4, -0.2) is 0 Å². The van der Waals surface area contributed by atoms with Crippen LogP contribution < -0.4 is 5.32 Å². The Hall–Kier alpha value is -3.26. The van der Waals surface area contributed by atoms with Gasteiger partial charge in [0.15, 0.2) is 5.58 Å². The minimum absolute atomic E-state index is 0.703. The van der Waals surface area contributed by atoms with Crippen LogP contribution in [0.2, 0.25) is 0 Å². The first kappa shape index (κ1) is 17.6. The first-order chi connectivity index (χ1) is 14.9. The number of para-hydroxylation sites is 1. The van der Waals surface area contributed by atoms with Crippen molar-refractivity contribution in [1.29, 1.82) is 0 Å². The van der Waals surface area contributed by atoms with E-state index in [4.69, 9.17) is 4.42 Å². The fraction of sp³-hybridized carbons (Fsp3) is 0.214. The maximum atomic E-state index is 6.35. The quantitative estimate of drug-likeness (QED) is 0.333. The van der Waals surface area contributed by atoms with Crippen LogP contribution in [0.1, 0.15) is 43.6 Å².